The van der Waals surface area contributed by atoms with E-state index in [1.807, 2.05) is 22.6 Å². The van der Waals surface area contributed by atoms with Crippen molar-refractivity contribution in [3.05, 3.63) is 20.3 Å². The van der Waals surface area contributed by atoms with Gasteiger partial charge in [-0.25, -0.2) is 4.98 Å². The lowest BCUT2D eigenvalue weighted by Crippen LogP contribution is -2.37. The van der Waals surface area contributed by atoms with Crippen molar-refractivity contribution in [3.63, 3.8) is 0 Å². The van der Waals surface area contributed by atoms with E-state index in [-0.39, 0.29) is 17.0 Å². The lowest BCUT2D eigenvalue weighted by molar-refractivity contribution is 0.328. The van der Waals surface area contributed by atoms with Crippen molar-refractivity contribution < 1.29 is 0 Å². The minimum absolute atomic E-state index is 0.0622. The fraction of sp³-hybridized carbons (Fsp3) is 0.636. The summed E-state index contributed by atoms with van der Waals surface area (Å²) in [4.78, 5) is 18.2. The van der Waals surface area contributed by atoms with Crippen LogP contribution in [0.25, 0.3) is 0 Å². The Bertz CT molecular complexity index is 424. The summed E-state index contributed by atoms with van der Waals surface area (Å²) >= 11 is 1.99. The summed E-state index contributed by atoms with van der Waals surface area (Å²) in [5.74, 6) is 0.628. The van der Waals surface area contributed by atoms with Crippen LogP contribution in [0.3, 0.4) is 0 Å². The Kier molecular flexibility index (Phi) is 4.93. The van der Waals surface area contributed by atoms with Crippen LogP contribution in [-0.2, 0) is 0 Å². The molecule has 1 rings (SSSR count). The van der Waals surface area contributed by atoms with Gasteiger partial charge in [-0.05, 0) is 41.0 Å². The third-order valence-corrected chi connectivity index (χ3v) is 3.61. The van der Waals surface area contributed by atoms with Gasteiger partial charge in [-0.2, -0.15) is 0 Å². The largest absolute Gasteiger partial charge is 0.366 e. The van der Waals surface area contributed by atoms with Crippen LogP contribution in [0.2, 0.25) is 0 Å². The van der Waals surface area contributed by atoms with E-state index in [0.717, 1.165) is 6.42 Å². The predicted octanol–water partition coefficient (Wildman–Crippen LogP) is 1.55. The second kappa shape index (κ2) is 5.81. The zero-order valence-corrected chi connectivity index (χ0v) is 12.5. The third kappa shape index (κ3) is 3.95. The molecule has 1 atom stereocenters. The first-order chi connectivity index (χ1) is 7.86. The Balaban J connectivity index is 2.94. The summed E-state index contributed by atoms with van der Waals surface area (Å²) in [7, 11) is 0. The van der Waals surface area contributed by atoms with Crippen molar-refractivity contribution in [2.75, 3.05) is 11.9 Å². The lowest BCUT2D eigenvalue weighted by Gasteiger charge is -2.31. The predicted molar refractivity (Wildman–Crippen MR) is 78.1 cm³/mol. The minimum Gasteiger partial charge on any atom is -0.366 e. The molecule has 0 aliphatic rings. The summed E-state index contributed by atoms with van der Waals surface area (Å²) < 4.78 is 0.580. The first-order valence-electron chi connectivity index (χ1n) is 5.56. The number of aromatic amines is 1. The number of nitrogens with zero attached hydrogens (tertiary/aromatic N) is 1. The van der Waals surface area contributed by atoms with Gasteiger partial charge in [-0.15, -0.1) is 0 Å². The Labute approximate surface area is 115 Å². The number of hydrogen-bond acceptors (Lipinski definition) is 4. The van der Waals surface area contributed by atoms with Crippen LogP contribution in [0.1, 0.15) is 27.2 Å². The molecule has 0 fully saturated rings. The smallest absolute Gasteiger partial charge is 0.266 e. The van der Waals surface area contributed by atoms with Crippen LogP contribution in [0.15, 0.2) is 11.1 Å². The number of H-pyrrole nitrogens is 1. The quantitative estimate of drug-likeness (QED) is 0.720. The highest BCUT2D eigenvalue weighted by Gasteiger charge is 2.24. The molecule has 0 aliphatic heterocycles. The Morgan fingerprint density at radius 2 is 2.24 bits per heavy atom. The van der Waals surface area contributed by atoms with Crippen molar-refractivity contribution in [2.24, 2.45) is 11.1 Å². The minimum atomic E-state index is -0.122. The molecular weight excluding hydrogens is 331 g/mol. The van der Waals surface area contributed by atoms with E-state index >= 15 is 0 Å². The molecular formula is C11H19IN4O. The van der Waals surface area contributed by atoms with Gasteiger partial charge in [0.2, 0.25) is 0 Å². The normalized spacial score (nSPS) is 13.5. The lowest BCUT2D eigenvalue weighted by atomic mass is 9.85. The summed E-state index contributed by atoms with van der Waals surface area (Å²) in [5.41, 5.74) is 5.56. The van der Waals surface area contributed by atoms with Crippen molar-refractivity contribution in [2.45, 2.75) is 33.2 Å². The molecule has 0 amide bonds. The second-order valence-electron chi connectivity index (χ2n) is 5.03. The van der Waals surface area contributed by atoms with Gasteiger partial charge < -0.3 is 16.0 Å². The highest BCUT2D eigenvalue weighted by molar-refractivity contribution is 14.1. The zero-order valence-electron chi connectivity index (χ0n) is 10.4. The maximum absolute atomic E-state index is 11.5. The van der Waals surface area contributed by atoms with Crippen molar-refractivity contribution in [1.82, 2.24) is 9.97 Å². The first-order valence-corrected chi connectivity index (χ1v) is 6.64. The van der Waals surface area contributed by atoms with Crippen LogP contribution in [-0.4, -0.2) is 22.6 Å². The monoisotopic (exact) mass is 350 g/mol. The number of nitrogens with one attached hydrogen (secondary N) is 2. The van der Waals surface area contributed by atoms with E-state index in [0.29, 0.717) is 15.9 Å². The van der Waals surface area contributed by atoms with E-state index in [1.165, 1.54) is 6.33 Å². The van der Waals surface area contributed by atoms with Crippen LogP contribution in [0.5, 0.6) is 0 Å². The Morgan fingerprint density at radius 1 is 1.59 bits per heavy atom. The summed E-state index contributed by atoms with van der Waals surface area (Å²) in [6, 6.07) is 0.190. The van der Waals surface area contributed by atoms with Gasteiger partial charge in [0.15, 0.2) is 0 Å². The molecule has 0 aliphatic carbocycles. The summed E-state index contributed by atoms with van der Waals surface area (Å²) in [6.45, 7) is 7.02. The standard InChI is InChI=1S/C11H19IN4O/c1-11(2,3)7(4-5-13)16-9-8(12)10(17)15-6-14-9/h6-7H,4-5,13H2,1-3H3,(H2,14,15,16,17). The molecule has 1 unspecified atom stereocenters. The zero-order chi connectivity index (χ0) is 13.1. The van der Waals surface area contributed by atoms with Crippen molar-refractivity contribution >= 4 is 28.4 Å². The number of aromatic nitrogens is 2. The molecule has 0 aromatic carbocycles. The highest BCUT2D eigenvalue weighted by Crippen LogP contribution is 2.25. The van der Waals surface area contributed by atoms with Gasteiger partial charge in [0.05, 0.1) is 6.33 Å². The number of hydrogen-bond donors (Lipinski definition) is 3. The SMILES string of the molecule is CC(C)(C)C(CCN)Nc1nc[nH]c(=O)c1I. The van der Waals surface area contributed by atoms with E-state index < -0.39 is 0 Å². The number of nitrogens with two attached hydrogens (primary N) is 1. The summed E-state index contributed by atoms with van der Waals surface area (Å²) in [6.07, 6.45) is 2.25. The van der Waals surface area contributed by atoms with Gasteiger partial charge in [0.25, 0.3) is 5.56 Å². The fourth-order valence-corrected chi connectivity index (χ4v) is 1.99. The number of halogens is 1. The Hall–Kier alpha value is -0.630. The maximum Gasteiger partial charge on any atom is 0.266 e. The molecule has 6 heteroatoms. The van der Waals surface area contributed by atoms with Gasteiger partial charge in [0.1, 0.15) is 9.39 Å². The second-order valence-corrected chi connectivity index (χ2v) is 6.11. The molecule has 1 aromatic rings. The van der Waals surface area contributed by atoms with Gasteiger partial charge >= 0.3 is 0 Å². The van der Waals surface area contributed by atoms with Crippen molar-refractivity contribution in [3.8, 4) is 0 Å². The van der Waals surface area contributed by atoms with E-state index in [2.05, 4.69) is 36.1 Å². The van der Waals surface area contributed by atoms with Crippen LogP contribution >= 0.6 is 22.6 Å². The van der Waals surface area contributed by atoms with Crippen LogP contribution in [0, 0.1) is 8.99 Å². The van der Waals surface area contributed by atoms with E-state index in [4.69, 9.17) is 5.73 Å². The molecule has 5 nitrogen and oxygen atoms in total. The Morgan fingerprint density at radius 3 is 2.76 bits per heavy atom. The molecule has 0 bridgehead atoms. The molecule has 96 valence electrons. The number of anilines is 1. The van der Waals surface area contributed by atoms with E-state index in [1.54, 1.807) is 0 Å². The molecule has 0 radical (unpaired) electrons. The fourth-order valence-electron chi connectivity index (χ4n) is 1.54. The molecule has 0 saturated carbocycles. The first kappa shape index (κ1) is 14.4. The molecule has 0 spiro atoms. The van der Waals surface area contributed by atoms with E-state index in [9.17, 15) is 4.79 Å². The van der Waals surface area contributed by atoms with Crippen LogP contribution < -0.4 is 16.6 Å². The maximum atomic E-state index is 11.5. The summed E-state index contributed by atoms with van der Waals surface area (Å²) in [5, 5.41) is 3.31. The molecule has 1 heterocycles. The van der Waals surface area contributed by atoms with Crippen molar-refractivity contribution in [1.29, 1.82) is 0 Å². The van der Waals surface area contributed by atoms with Gasteiger partial charge in [-0.1, -0.05) is 20.8 Å². The van der Waals surface area contributed by atoms with Crippen LogP contribution in [0.4, 0.5) is 5.82 Å². The number of rotatable bonds is 4. The highest BCUT2D eigenvalue weighted by atomic mass is 127. The third-order valence-electron chi connectivity index (χ3n) is 2.61. The average Bonchev–Trinajstić information content (AvgIpc) is 2.22. The molecule has 1 aromatic heterocycles. The molecule has 4 N–H and O–H groups in total. The topological polar surface area (TPSA) is 83.8 Å². The molecule has 17 heavy (non-hydrogen) atoms. The molecule has 0 saturated heterocycles. The van der Waals surface area contributed by atoms with Gasteiger partial charge in [-0.3, -0.25) is 4.79 Å². The average molecular weight is 350 g/mol. The van der Waals surface area contributed by atoms with Gasteiger partial charge in [0, 0.05) is 6.04 Å².